The molecule has 0 spiro atoms. The van der Waals surface area contributed by atoms with Gasteiger partial charge in [-0.05, 0) is 0 Å². The standard InChI is InChI=1S/C5H7FN2O/c6-1-2-9-8-4-5(8)3-7/h5H,1-2,4H2. The minimum absolute atomic E-state index is 0.0676. The van der Waals surface area contributed by atoms with E-state index in [0.717, 1.165) is 0 Å². The first-order chi connectivity index (χ1) is 4.38. The predicted octanol–water partition coefficient (Wildman–Crippen LogP) is 0.0953. The van der Waals surface area contributed by atoms with Crippen molar-refractivity contribution in [1.82, 2.24) is 5.06 Å². The molecule has 2 unspecified atom stereocenters. The van der Waals surface area contributed by atoms with Crippen LogP contribution < -0.4 is 0 Å². The molecule has 1 aliphatic rings. The molecule has 0 saturated carbocycles. The van der Waals surface area contributed by atoms with Crippen LogP contribution in [0.4, 0.5) is 4.39 Å². The Labute approximate surface area is 52.6 Å². The van der Waals surface area contributed by atoms with E-state index < -0.39 is 6.67 Å². The Balaban J connectivity index is 2.00. The Morgan fingerprint density at radius 1 is 1.89 bits per heavy atom. The van der Waals surface area contributed by atoms with Gasteiger partial charge in [-0.15, -0.1) is 0 Å². The minimum Gasteiger partial charge on any atom is -0.295 e. The third-order valence-corrected chi connectivity index (χ3v) is 1.05. The normalized spacial score (nSPS) is 31.6. The van der Waals surface area contributed by atoms with E-state index in [0.29, 0.717) is 6.54 Å². The summed E-state index contributed by atoms with van der Waals surface area (Å²) in [5.41, 5.74) is 0. The van der Waals surface area contributed by atoms with Crippen LogP contribution in [0.3, 0.4) is 0 Å². The highest BCUT2D eigenvalue weighted by Gasteiger charge is 2.35. The molecule has 0 amide bonds. The molecule has 1 heterocycles. The summed E-state index contributed by atoms with van der Waals surface area (Å²) in [7, 11) is 0. The Kier molecular flexibility index (Phi) is 1.98. The fraction of sp³-hybridized carbons (Fsp3) is 0.800. The Bertz CT molecular complexity index is 133. The van der Waals surface area contributed by atoms with Gasteiger partial charge in [0.25, 0.3) is 0 Å². The highest BCUT2D eigenvalue weighted by molar-refractivity contribution is 5.01. The van der Waals surface area contributed by atoms with Gasteiger partial charge in [0.1, 0.15) is 12.7 Å². The molecule has 1 fully saturated rings. The third-order valence-electron chi connectivity index (χ3n) is 1.05. The lowest BCUT2D eigenvalue weighted by atomic mass is 10.6. The van der Waals surface area contributed by atoms with E-state index in [4.69, 9.17) is 10.1 Å². The van der Waals surface area contributed by atoms with E-state index in [1.165, 1.54) is 5.06 Å². The highest BCUT2D eigenvalue weighted by Crippen LogP contribution is 2.15. The van der Waals surface area contributed by atoms with Gasteiger partial charge < -0.3 is 0 Å². The van der Waals surface area contributed by atoms with E-state index in [9.17, 15) is 4.39 Å². The summed E-state index contributed by atoms with van der Waals surface area (Å²) < 4.78 is 11.4. The van der Waals surface area contributed by atoms with E-state index in [-0.39, 0.29) is 12.6 Å². The van der Waals surface area contributed by atoms with Crippen LogP contribution in [-0.4, -0.2) is 30.9 Å². The van der Waals surface area contributed by atoms with Crippen LogP contribution in [0.25, 0.3) is 0 Å². The van der Waals surface area contributed by atoms with Gasteiger partial charge in [0.2, 0.25) is 0 Å². The molecule has 0 radical (unpaired) electrons. The second-order valence-corrected chi connectivity index (χ2v) is 1.77. The molecular weight excluding hydrogens is 123 g/mol. The van der Waals surface area contributed by atoms with E-state index in [2.05, 4.69) is 0 Å². The smallest absolute Gasteiger partial charge is 0.137 e. The van der Waals surface area contributed by atoms with E-state index in [1.54, 1.807) is 0 Å². The molecule has 3 nitrogen and oxygen atoms in total. The zero-order chi connectivity index (χ0) is 6.69. The topological polar surface area (TPSA) is 36.0 Å². The van der Waals surface area contributed by atoms with Gasteiger partial charge in [0.05, 0.1) is 19.2 Å². The van der Waals surface area contributed by atoms with Crippen molar-refractivity contribution < 1.29 is 9.23 Å². The van der Waals surface area contributed by atoms with Crippen molar-refractivity contribution in [3.63, 3.8) is 0 Å². The summed E-state index contributed by atoms with van der Waals surface area (Å²) in [6.07, 6.45) is 0. The molecule has 0 aromatic rings. The lowest BCUT2D eigenvalue weighted by Crippen LogP contribution is -2.04. The summed E-state index contributed by atoms with van der Waals surface area (Å²) in [5, 5.41) is 9.67. The summed E-state index contributed by atoms with van der Waals surface area (Å²) in [6, 6.07) is 1.85. The van der Waals surface area contributed by atoms with Crippen LogP contribution in [0, 0.1) is 11.3 Å². The molecule has 1 rings (SSSR count). The highest BCUT2D eigenvalue weighted by atomic mass is 19.1. The average Bonchev–Trinajstić information content (AvgIpc) is 2.62. The maximum absolute atomic E-state index is 11.4. The monoisotopic (exact) mass is 130 g/mol. The van der Waals surface area contributed by atoms with Crippen molar-refractivity contribution in [3.8, 4) is 6.07 Å². The van der Waals surface area contributed by atoms with Crippen LogP contribution in [0.2, 0.25) is 0 Å². The maximum Gasteiger partial charge on any atom is 0.137 e. The van der Waals surface area contributed by atoms with Crippen molar-refractivity contribution in [3.05, 3.63) is 0 Å². The quantitative estimate of drug-likeness (QED) is 0.508. The largest absolute Gasteiger partial charge is 0.295 e. The van der Waals surface area contributed by atoms with Crippen molar-refractivity contribution in [2.24, 2.45) is 0 Å². The molecule has 0 aromatic heterocycles. The second-order valence-electron chi connectivity index (χ2n) is 1.77. The number of halogens is 1. The number of hydrogen-bond acceptors (Lipinski definition) is 3. The first-order valence-electron chi connectivity index (χ1n) is 2.73. The summed E-state index contributed by atoms with van der Waals surface area (Å²) in [4.78, 5) is 4.74. The lowest BCUT2D eigenvalue weighted by Gasteiger charge is -1.96. The van der Waals surface area contributed by atoms with Gasteiger partial charge in [-0.25, -0.2) is 4.39 Å². The third kappa shape index (κ3) is 1.63. The van der Waals surface area contributed by atoms with Crippen LogP contribution in [0.1, 0.15) is 0 Å². The van der Waals surface area contributed by atoms with Gasteiger partial charge in [-0.2, -0.15) is 10.3 Å². The number of alkyl halides is 1. The Morgan fingerprint density at radius 2 is 2.67 bits per heavy atom. The van der Waals surface area contributed by atoms with Crippen LogP contribution in [0.15, 0.2) is 0 Å². The van der Waals surface area contributed by atoms with Gasteiger partial charge in [-0.1, -0.05) is 0 Å². The van der Waals surface area contributed by atoms with Crippen molar-refractivity contribution in [1.29, 1.82) is 5.26 Å². The average molecular weight is 130 g/mol. The zero-order valence-corrected chi connectivity index (χ0v) is 4.88. The second kappa shape index (κ2) is 2.76. The first-order valence-corrected chi connectivity index (χ1v) is 2.73. The first kappa shape index (κ1) is 6.46. The van der Waals surface area contributed by atoms with E-state index >= 15 is 0 Å². The lowest BCUT2D eigenvalue weighted by molar-refractivity contribution is -0.0746. The summed E-state index contributed by atoms with van der Waals surface area (Å²) in [5.74, 6) is 0. The number of nitriles is 1. The minimum atomic E-state index is -0.491. The van der Waals surface area contributed by atoms with Gasteiger partial charge in [0, 0.05) is 0 Å². The molecule has 1 aliphatic heterocycles. The molecule has 2 atom stereocenters. The van der Waals surface area contributed by atoms with Gasteiger partial charge in [-0.3, -0.25) is 4.84 Å². The Hall–Kier alpha value is -0.660. The number of rotatable bonds is 3. The fourth-order valence-electron chi connectivity index (χ4n) is 0.523. The predicted molar refractivity (Wildman–Crippen MR) is 28.0 cm³/mol. The van der Waals surface area contributed by atoms with E-state index in [1.807, 2.05) is 6.07 Å². The SMILES string of the molecule is N#CC1CN1OCCF. The summed E-state index contributed by atoms with van der Waals surface area (Å²) in [6.45, 7) is 0.198. The molecule has 9 heavy (non-hydrogen) atoms. The maximum atomic E-state index is 11.4. The molecule has 4 heteroatoms. The van der Waals surface area contributed by atoms with Crippen molar-refractivity contribution in [2.45, 2.75) is 6.04 Å². The van der Waals surface area contributed by atoms with Crippen molar-refractivity contribution in [2.75, 3.05) is 19.8 Å². The molecular formula is C5H7FN2O. The van der Waals surface area contributed by atoms with Crippen molar-refractivity contribution >= 4 is 0 Å². The summed E-state index contributed by atoms with van der Waals surface area (Å²) >= 11 is 0. The molecule has 0 aliphatic carbocycles. The molecule has 50 valence electrons. The number of hydroxylamine groups is 2. The van der Waals surface area contributed by atoms with Crippen LogP contribution in [-0.2, 0) is 4.84 Å². The number of hydrogen-bond donors (Lipinski definition) is 0. The van der Waals surface area contributed by atoms with Crippen LogP contribution >= 0.6 is 0 Å². The fourth-order valence-corrected chi connectivity index (χ4v) is 0.523. The Morgan fingerprint density at radius 3 is 3.11 bits per heavy atom. The molecule has 1 saturated heterocycles. The van der Waals surface area contributed by atoms with Gasteiger partial charge >= 0.3 is 0 Å². The number of nitrogens with zero attached hydrogens (tertiary/aromatic N) is 2. The molecule has 0 aromatic carbocycles. The van der Waals surface area contributed by atoms with Gasteiger partial charge in [0.15, 0.2) is 0 Å². The zero-order valence-electron chi connectivity index (χ0n) is 4.88. The van der Waals surface area contributed by atoms with Crippen LogP contribution in [0.5, 0.6) is 0 Å². The molecule has 0 bridgehead atoms. The molecule has 0 N–H and O–H groups in total.